The minimum Gasteiger partial charge on any atom is -0.493 e. The molecule has 2 aliphatic rings. The number of nitrogens with zero attached hydrogens (tertiary/aromatic N) is 2. The van der Waals surface area contributed by atoms with Crippen LogP contribution in [0.1, 0.15) is 30.9 Å². The molecule has 2 fully saturated rings. The lowest BCUT2D eigenvalue weighted by atomic mass is 9.98. The summed E-state index contributed by atoms with van der Waals surface area (Å²) in [6, 6.07) is 17.7. The van der Waals surface area contributed by atoms with Gasteiger partial charge in [-0.25, -0.2) is 0 Å². The monoisotopic (exact) mass is 410 g/mol. The van der Waals surface area contributed by atoms with E-state index in [1.54, 1.807) is 7.11 Å². The lowest BCUT2D eigenvalue weighted by Crippen LogP contribution is -2.56. The van der Waals surface area contributed by atoms with Gasteiger partial charge in [-0.3, -0.25) is 9.80 Å². The maximum atomic E-state index is 10.2. The van der Waals surface area contributed by atoms with Crippen molar-refractivity contribution in [3.05, 3.63) is 59.7 Å². The first-order valence-electron chi connectivity index (χ1n) is 11.2. The van der Waals surface area contributed by atoms with Gasteiger partial charge < -0.3 is 14.6 Å². The predicted octanol–water partition coefficient (Wildman–Crippen LogP) is 3.35. The molecular formula is C25H34N2O3. The molecule has 5 nitrogen and oxygen atoms in total. The average Bonchev–Trinajstić information content (AvgIpc) is 3.12. The minimum atomic E-state index is -0.201. The summed E-state index contributed by atoms with van der Waals surface area (Å²) in [5.74, 6) is 1.67. The van der Waals surface area contributed by atoms with E-state index in [-0.39, 0.29) is 6.10 Å². The van der Waals surface area contributed by atoms with Gasteiger partial charge in [0.1, 0.15) is 0 Å². The van der Waals surface area contributed by atoms with E-state index in [1.165, 1.54) is 11.1 Å². The van der Waals surface area contributed by atoms with Crippen LogP contribution in [0, 0.1) is 0 Å². The number of hydrogen-bond acceptors (Lipinski definition) is 5. The number of hydrogen-bond donors (Lipinski definition) is 1. The molecular weight excluding hydrogens is 376 g/mol. The second kappa shape index (κ2) is 9.82. The quantitative estimate of drug-likeness (QED) is 0.723. The molecule has 0 aliphatic carbocycles. The molecule has 162 valence electrons. The van der Waals surface area contributed by atoms with E-state index in [2.05, 4.69) is 59.2 Å². The number of piperazine rings is 1. The fourth-order valence-electron chi connectivity index (χ4n) is 4.88. The molecule has 2 heterocycles. The maximum absolute atomic E-state index is 10.2. The highest BCUT2D eigenvalue weighted by atomic mass is 16.5. The Bertz CT molecular complexity index is 813. The number of aliphatic hydroxyl groups is 1. The third-order valence-corrected chi connectivity index (χ3v) is 6.33. The van der Waals surface area contributed by atoms with Crippen LogP contribution in [0.4, 0.5) is 0 Å². The third-order valence-electron chi connectivity index (χ3n) is 6.33. The van der Waals surface area contributed by atoms with Crippen molar-refractivity contribution in [2.75, 3.05) is 33.4 Å². The van der Waals surface area contributed by atoms with E-state index in [1.807, 2.05) is 6.07 Å². The summed E-state index contributed by atoms with van der Waals surface area (Å²) in [7, 11) is 1.70. The van der Waals surface area contributed by atoms with Crippen LogP contribution in [0.15, 0.2) is 48.5 Å². The van der Waals surface area contributed by atoms with E-state index in [0.29, 0.717) is 18.7 Å². The maximum Gasteiger partial charge on any atom is 0.165 e. The normalized spacial score (nSPS) is 24.6. The van der Waals surface area contributed by atoms with Crippen LogP contribution < -0.4 is 9.47 Å². The standard InChI is InChI=1S/C25H34N2O3/c1-3-12-30-25-20(10-7-11-24(25)29-2)15-26-17-22-14-23(28)18-27(22)16-21(26)13-19-8-5-4-6-9-19/h4-11,21-23,28H,3,12-18H2,1-2H3/t21-,22-,23+/m0/s1. The zero-order valence-corrected chi connectivity index (χ0v) is 18.2. The predicted molar refractivity (Wildman–Crippen MR) is 119 cm³/mol. The number of methoxy groups -OCH3 is 1. The molecule has 30 heavy (non-hydrogen) atoms. The van der Waals surface area contributed by atoms with Crippen LogP contribution in [0.25, 0.3) is 0 Å². The summed E-state index contributed by atoms with van der Waals surface area (Å²) in [4.78, 5) is 5.06. The summed E-state index contributed by atoms with van der Waals surface area (Å²) >= 11 is 0. The van der Waals surface area contributed by atoms with Gasteiger partial charge in [0.25, 0.3) is 0 Å². The van der Waals surface area contributed by atoms with Crippen LogP contribution in [-0.2, 0) is 13.0 Å². The Balaban J connectivity index is 1.58. The molecule has 0 radical (unpaired) electrons. The van der Waals surface area contributed by atoms with Crippen LogP contribution in [0.3, 0.4) is 0 Å². The average molecular weight is 411 g/mol. The van der Waals surface area contributed by atoms with Gasteiger partial charge in [0.2, 0.25) is 0 Å². The van der Waals surface area contributed by atoms with Crippen molar-refractivity contribution >= 4 is 0 Å². The van der Waals surface area contributed by atoms with Crippen molar-refractivity contribution in [1.29, 1.82) is 0 Å². The first-order chi connectivity index (χ1) is 14.7. The summed E-state index contributed by atoms with van der Waals surface area (Å²) in [5.41, 5.74) is 2.53. The Labute approximate surface area is 180 Å². The Morgan fingerprint density at radius 3 is 2.63 bits per heavy atom. The van der Waals surface area contributed by atoms with E-state index in [9.17, 15) is 5.11 Å². The number of aliphatic hydroxyl groups excluding tert-OH is 1. The highest BCUT2D eigenvalue weighted by Gasteiger charge is 2.39. The van der Waals surface area contributed by atoms with Crippen molar-refractivity contribution in [3.8, 4) is 11.5 Å². The highest BCUT2D eigenvalue weighted by Crippen LogP contribution is 2.34. The molecule has 0 bridgehead atoms. The first-order valence-corrected chi connectivity index (χ1v) is 11.2. The molecule has 5 heteroatoms. The van der Waals surface area contributed by atoms with Crippen molar-refractivity contribution in [2.24, 2.45) is 0 Å². The van der Waals surface area contributed by atoms with E-state index >= 15 is 0 Å². The smallest absolute Gasteiger partial charge is 0.165 e. The Morgan fingerprint density at radius 2 is 1.87 bits per heavy atom. The molecule has 2 aliphatic heterocycles. The molecule has 1 N–H and O–H groups in total. The largest absolute Gasteiger partial charge is 0.493 e. The zero-order valence-electron chi connectivity index (χ0n) is 18.2. The molecule has 0 aromatic heterocycles. The number of benzene rings is 2. The number of para-hydroxylation sites is 1. The summed E-state index contributed by atoms with van der Waals surface area (Å²) in [6.07, 6.45) is 2.64. The minimum absolute atomic E-state index is 0.201. The molecule has 0 unspecified atom stereocenters. The van der Waals surface area contributed by atoms with Gasteiger partial charge in [0.15, 0.2) is 11.5 Å². The van der Waals surface area contributed by atoms with Gasteiger partial charge in [-0.15, -0.1) is 0 Å². The van der Waals surface area contributed by atoms with Crippen molar-refractivity contribution in [3.63, 3.8) is 0 Å². The molecule has 3 atom stereocenters. The highest BCUT2D eigenvalue weighted by molar-refractivity contribution is 5.46. The van der Waals surface area contributed by atoms with E-state index < -0.39 is 0 Å². The third kappa shape index (κ3) is 4.80. The van der Waals surface area contributed by atoms with Crippen LogP contribution in [-0.4, -0.2) is 66.4 Å². The molecule has 2 aromatic carbocycles. The lowest BCUT2D eigenvalue weighted by Gasteiger charge is -2.44. The molecule has 0 spiro atoms. The topological polar surface area (TPSA) is 45.2 Å². The zero-order chi connectivity index (χ0) is 20.9. The van der Waals surface area contributed by atoms with Crippen LogP contribution in [0.5, 0.6) is 11.5 Å². The van der Waals surface area contributed by atoms with Gasteiger partial charge in [-0.1, -0.05) is 49.4 Å². The summed E-state index contributed by atoms with van der Waals surface area (Å²) < 4.78 is 11.7. The van der Waals surface area contributed by atoms with Crippen molar-refractivity contribution < 1.29 is 14.6 Å². The Morgan fingerprint density at radius 1 is 1.03 bits per heavy atom. The SMILES string of the molecule is CCCOc1c(CN2C[C@@H]3C[C@@H](O)CN3C[C@@H]2Cc2ccccc2)cccc1OC. The van der Waals surface area contributed by atoms with Gasteiger partial charge >= 0.3 is 0 Å². The van der Waals surface area contributed by atoms with Crippen molar-refractivity contribution in [2.45, 2.75) is 50.9 Å². The van der Waals surface area contributed by atoms with Gasteiger partial charge in [-0.05, 0) is 30.9 Å². The van der Waals surface area contributed by atoms with E-state index in [0.717, 1.165) is 56.9 Å². The van der Waals surface area contributed by atoms with Crippen LogP contribution in [0.2, 0.25) is 0 Å². The van der Waals surface area contributed by atoms with Gasteiger partial charge in [0.05, 0.1) is 19.8 Å². The molecule has 2 saturated heterocycles. The fraction of sp³-hybridized carbons (Fsp3) is 0.520. The second-order valence-electron chi connectivity index (χ2n) is 8.57. The summed E-state index contributed by atoms with van der Waals surface area (Å²) in [5, 5.41) is 10.2. The summed E-state index contributed by atoms with van der Waals surface area (Å²) in [6.45, 7) is 6.39. The van der Waals surface area contributed by atoms with Crippen LogP contribution >= 0.6 is 0 Å². The number of ether oxygens (including phenoxy) is 2. The van der Waals surface area contributed by atoms with E-state index in [4.69, 9.17) is 9.47 Å². The second-order valence-corrected chi connectivity index (χ2v) is 8.57. The van der Waals surface area contributed by atoms with Gasteiger partial charge in [0, 0.05) is 43.8 Å². The fourth-order valence-corrected chi connectivity index (χ4v) is 4.88. The number of fused-ring (bicyclic) bond motifs is 1. The Hall–Kier alpha value is -2.08. The van der Waals surface area contributed by atoms with Crippen molar-refractivity contribution in [1.82, 2.24) is 9.80 Å². The Kier molecular flexibility index (Phi) is 6.93. The first kappa shape index (κ1) is 21.2. The molecule has 4 rings (SSSR count). The van der Waals surface area contributed by atoms with Gasteiger partial charge in [-0.2, -0.15) is 0 Å². The molecule has 0 saturated carbocycles. The molecule has 2 aromatic rings. The lowest BCUT2D eigenvalue weighted by molar-refractivity contribution is 0.0438. The molecule has 0 amide bonds. The number of rotatable bonds is 8.